The molecule has 0 aromatic carbocycles. The van der Waals surface area contributed by atoms with E-state index in [1.807, 2.05) is 5.38 Å². The third kappa shape index (κ3) is 1.67. The molecule has 0 unspecified atom stereocenters. The van der Waals surface area contributed by atoms with Gasteiger partial charge in [0, 0.05) is 11.3 Å². The van der Waals surface area contributed by atoms with E-state index in [2.05, 4.69) is 18.3 Å². The van der Waals surface area contributed by atoms with E-state index in [9.17, 15) is 4.79 Å². The number of thiophene rings is 1. The van der Waals surface area contributed by atoms with E-state index in [4.69, 9.17) is 4.74 Å². The number of rotatable bonds is 1. The van der Waals surface area contributed by atoms with E-state index < -0.39 is 0 Å². The maximum Gasteiger partial charge on any atom is 0.407 e. The lowest BCUT2D eigenvalue weighted by Crippen LogP contribution is -2.35. The first-order chi connectivity index (χ1) is 6.27. The Labute approximate surface area is 80.7 Å². The number of cyclic esters (lactones) is 1. The van der Waals surface area contributed by atoms with Gasteiger partial charge in [0.05, 0.1) is 12.6 Å². The number of ether oxygens (including phenoxy) is 1. The van der Waals surface area contributed by atoms with Gasteiger partial charge in [-0.1, -0.05) is 0 Å². The molecule has 1 aliphatic heterocycles. The summed E-state index contributed by atoms with van der Waals surface area (Å²) < 4.78 is 4.80. The molecule has 2 heterocycles. The average Bonchev–Trinajstić information content (AvgIpc) is 2.51. The molecule has 0 saturated carbocycles. The van der Waals surface area contributed by atoms with Gasteiger partial charge in [-0.05, 0) is 23.9 Å². The Bertz CT molecular complexity index is 321. The van der Waals surface area contributed by atoms with Gasteiger partial charge in [0.1, 0.15) is 0 Å². The standard InChI is InChI=1S/C9H11NO2S/c1-6-3-5-13-8(6)7-2-4-12-9(11)10-7/h3,5,7H,2,4H2,1H3,(H,10,11)/t7-/m1/s1. The lowest BCUT2D eigenvalue weighted by Gasteiger charge is -2.22. The summed E-state index contributed by atoms with van der Waals surface area (Å²) >= 11 is 1.69. The molecule has 2 rings (SSSR count). The highest BCUT2D eigenvalue weighted by Gasteiger charge is 2.22. The number of nitrogens with one attached hydrogen (secondary N) is 1. The summed E-state index contributed by atoms with van der Waals surface area (Å²) in [7, 11) is 0. The van der Waals surface area contributed by atoms with E-state index in [0.29, 0.717) is 6.61 Å². The third-order valence-electron chi connectivity index (χ3n) is 2.15. The van der Waals surface area contributed by atoms with Gasteiger partial charge in [0.15, 0.2) is 0 Å². The highest BCUT2D eigenvalue weighted by Crippen LogP contribution is 2.27. The van der Waals surface area contributed by atoms with E-state index >= 15 is 0 Å². The van der Waals surface area contributed by atoms with Crippen LogP contribution in [0.2, 0.25) is 0 Å². The van der Waals surface area contributed by atoms with Crippen molar-refractivity contribution >= 4 is 17.4 Å². The van der Waals surface area contributed by atoms with Crippen molar-refractivity contribution in [3.8, 4) is 0 Å². The summed E-state index contributed by atoms with van der Waals surface area (Å²) in [5.74, 6) is 0. The average molecular weight is 197 g/mol. The molecular weight excluding hydrogens is 186 g/mol. The molecule has 1 fully saturated rings. The Morgan fingerprint density at radius 3 is 3.15 bits per heavy atom. The van der Waals surface area contributed by atoms with Crippen LogP contribution in [0.25, 0.3) is 0 Å². The molecule has 1 atom stereocenters. The fourth-order valence-electron chi connectivity index (χ4n) is 1.46. The van der Waals surface area contributed by atoms with Gasteiger partial charge in [-0.2, -0.15) is 0 Å². The molecule has 1 amide bonds. The highest BCUT2D eigenvalue weighted by molar-refractivity contribution is 7.10. The number of amides is 1. The molecule has 0 spiro atoms. The summed E-state index contributed by atoms with van der Waals surface area (Å²) in [6.07, 6.45) is 0.566. The molecule has 1 aromatic rings. The maximum atomic E-state index is 11.0. The normalized spacial score (nSPS) is 22.2. The monoisotopic (exact) mass is 197 g/mol. The summed E-state index contributed by atoms with van der Waals surface area (Å²) in [5, 5.41) is 4.86. The molecule has 0 radical (unpaired) electrons. The van der Waals surface area contributed by atoms with Crippen molar-refractivity contribution in [3.63, 3.8) is 0 Å². The molecule has 1 aromatic heterocycles. The quantitative estimate of drug-likeness (QED) is 0.749. The molecule has 13 heavy (non-hydrogen) atoms. The Hall–Kier alpha value is -1.03. The van der Waals surface area contributed by atoms with E-state index in [-0.39, 0.29) is 12.1 Å². The first-order valence-corrected chi connectivity index (χ1v) is 5.12. The lowest BCUT2D eigenvalue weighted by molar-refractivity contribution is 0.116. The van der Waals surface area contributed by atoms with Crippen LogP contribution in [0, 0.1) is 6.92 Å². The molecule has 4 heteroatoms. The van der Waals surface area contributed by atoms with Crippen LogP contribution >= 0.6 is 11.3 Å². The van der Waals surface area contributed by atoms with Crippen molar-refractivity contribution in [1.29, 1.82) is 0 Å². The zero-order valence-corrected chi connectivity index (χ0v) is 8.19. The number of hydrogen-bond acceptors (Lipinski definition) is 3. The van der Waals surface area contributed by atoms with E-state index in [1.165, 1.54) is 10.4 Å². The van der Waals surface area contributed by atoms with Crippen LogP contribution in [-0.2, 0) is 4.74 Å². The summed E-state index contributed by atoms with van der Waals surface area (Å²) in [6.45, 7) is 2.58. The van der Waals surface area contributed by atoms with Crippen LogP contribution in [0.1, 0.15) is 22.9 Å². The van der Waals surface area contributed by atoms with Crippen molar-refractivity contribution in [1.82, 2.24) is 5.32 Å². The number of carbonyl (C=O) groups is 1. The zero-order chi connectivity index (χ0) is 9.26. The Morgan fingerprint density at radius 2 is 2.54 bits per heavy atom. The van der Waals surface area contributed by atoms with Crippen LogP contribution in [0.3, 0.4) is 0 Å². The molecule has 1 N–H and O–H groups in total. The van der Waals surface area contributed by atoms with Gasteiger partial charge >= 0.3 is 6.09 Å². The van der Waals surface area contributed by atoms with E-state index in [1.54, 1.807) is 11.3 Å². The van der Waals surface area contributed by atoms with Crippen molar-refractivity contribution in [2.75, 3.05) is 6.61 Å². The SMILES string of the molecule is Cc1ccsc1[C@H]1CCOC(=O)N1. The second kappa shape index (κ2) is 3.38. The second-order valence-electron chi connectivity index (χ2n) is 3.09. The largest absolute Gasteiger partial charge is 0.449 e. The first kappa shape index (κ1) is 8.56. The van der Waals surface area contributed by atoms with Crippen molar-refractivity contribution < 1.29 is 9.53 Å². The number of alkyl carbamates (subject to hydrolysis) is 1. The zero-order valence-electron chi connectivity index (χ0n) is 7.37. The number of hydrogen-bond donors (Lipinski definition) is 1. The van der Waals surface area contributed by atoms with Crippen molar-refractivity contribution in [2.45, 2.75) is 19.4 Å². The summed E-state index contributed by atoms with van der Waals surface area (Å²) in [4.78, 5) is 12.2. The van der Waals surface area contributed by atoms with Gasteiger partial charge in [0.2, 0.25) is 0 Å². The molecule has 3 nitrogen and oxygen atoms in total. The van der Waals surface area contributed by atoms with Crippen LogP contribution in [0.4, 0.5) is 4.79 Å². The second-order valence-corrected chi connectivity index (χ2v) is 4.04. The van der Waals surface area contributed by atoms with Crippen molar-refractivity contribution in [2.24, 2.45) is 0 Å². The van der Waals surface area contributed by atoms with Gasteiger partial charge in [0.25, 0.3) is 0 Å². The summed E-state index contributed by atoms with van der Waals surface area (Å²) in [5.41, 5.74) is 1.25. The van der Waals surface area contributed by atoms with Gasteiger partial charge in [-0.3, -0.25) is 0 Å². The lowest BCUT2D eigenvalue weighted by atomic mass is 10.1. The highest BCUT2D eigenvalue weighted by atomic mass is 32.1. The summed E-state index contributed by atoms with van der Waals surface area (Å²) in [6, 6.07) is 2.22. The molecule has 0 aliphatic carbocycles. The Balaban J connectivity index is 2.17. The number of carbonyl (C=O) groups excluding carboxylic acids is 1. The molecular formula is C9H11NO2S. The molecule has 1 aliphatic rings. The van der Waals surface area contributed by atoms with Gasteiger partial charge < -0.3 is 10.1 Å². The maximum absolute atomic E-state index is 11.0. The topological polar surface area (TPSA) is 38.3 Å². The van der Waals surface area contributed by atoms with Crippen molar-refractivity contribution in [3.05, 3.63) is 21.9 Å². The molecule has 1 saturated heterocycles. The predicted octanol–water partition coefficient (Wildman–Crippen LogP) is 2.23. The smallest absolute Gasteiger partial charge is 0.407 e. The van der Waals surface area contributed by atoms with E-state index in [0.717, 1.165) is 6.42 Å². The fourth-order valence-corrected chi connectivity index (χ4v) is 2.48. The molecule has 0 bridgehead atoms. The minimum absolute atomic E-state index is 0.154. The minimum Gasteiger partial charge on any atom is -0.449 e. The minimum atomic E-state index is -0.302. The predicted molar refractivity (Wildman–Crippen MR) is 50.9 cm³/mol. The Morgan fingerprint density at radius 1 is 1.69 bits per heavy atom. The molecule has 70 valence electrons. The van der Waals surface area contributed by atoms with Crippen LogP contribution in [-0.4, -0.2) is 12.7 Å². The first-order valence-electron chi connectivity index (χ1n) is 4.24. The fraction of sp³-hybridized carbons (Fsp3) is 0.444. The van der Waals surface area contributed by atoms with Crippen LogP contribution in [0.15, 0.2) is 11.4 Å². The van der Waals surface area contributed by atoms with Gasteiger partial charge in [-0.15, -0.1) is 11.3 Å². The van der Waals surface area contributed by atoms with Gasteiger partial charge in [-0.25, -0.2) is 4.79 Å². The number of aryl methyl sites for hydroxylation is 1. The van der Waals surface area contributed by atoms with Crippen LogP contribution < -0.4 is 5.32 Å². The third-order valence-corrected chi connectivity index (χ3v) is 3.28. The van der Waals surface area contributed by atoms with Crippen LogP contribution in [0.5, 0.6) is 0 Å². The Kier molecular flexibility index (Phi) is 2.22.